The van der Waals surface area contributed by atoms with Crippen LogP contribution in [-0.2, 0) is 9.53 Å². The van der Waals surface area contributed by atoms with Gasteiger partial charge in [0.2, 0.25) is 5.91 Å². The van der Waals surface area contributed by atoms with E-state index in [1.807, 2.05) is 66.0 Å². The van der Waals surface area contributed by atoms with Crippen LogP contribution in [-0.4, -0.2) is 50.1 Å². The molecule has 0 spiro atoms. The summed E-state index contributed by atoms with van der Waals surface area (Å²) in [6.45, 7) is 1.54. The van der Waals surface area contributed by atoms with Crippen molar-refractivity contribution in [3.8, 4) is 5.75 Å². The Morgan fingerprint density at radius 2 is 1.81 bits per heavy atom. The molecule has 1 N–H and O–H groups in total. The topological polar surface area (TPSA) is 67.9 Å². The highest BCUT2D eigenvalue weighted by Gasteiger charge is 2.44. The van der Waals surface area contributed by atoms with Crippen LogP contribution in [0.4, 0.5) is 0 Å². The summed E-state index contributed by atoms with van der Waals surface area (Å²) in [6, 6.07) is 20.4. The zero-order valence-corrected chi connectivity index (χ0v) is 18.7. The zero-order chi connectivity index (χ0) is 22.3. The van der Waals surface area contributed by atoms with Gasteiger partial charge in [-0.05, 0) is 35.2 Å². The first kappa shape index (κ1) is 22.0. The summed E-state index contributed by atoms with van der Waals surface area (Å²) < 4.78 is 11.0. The third-order valence-corrected chi connectivity index (χ3v) is 6.45. The summed E-state index contributed by atoms with van der Waals surface area (Å²) >= 11 is 1.55. The molecule has 1 aromatic heterocycles. The predicted molar refractivity (Wildman–Crippen MR) is 124 cm³/mol. The second kappa shape index (κ2) is 10.4. The number of thiophene rings is 1. The summed E-state index contributed by atoms with van der Waals surface area (Å²) in [7, 11) is 1.61. The van der Waals surface area contributed by atoms with Gasteiger partial charge in [-0.15, -0.1) is 11.3 Å². The number of para-hydroxylation sites is 1. The van der Waals surface area contributed by atoms with Crippen LogP contribution < -0.4 is 10.1 Å². The molecule has 7 heteroatoms. The molecular weight excluding hydrogens is 424 g/mol. The van der Waals surface area contributed by atoms with Gasteiger partial charge in [0, 0.05) is 24.1 Å². The minimum Gasteiger partial charge on any atom is -0.492 e. The quantitative estimate of drug-likeness (QED) is 0.503. The molecule has 6 nitrogen and oxygen atoms in total. The molecule has 0 saturated heterocycles. The first-order valence-corrected chi connectivity index (χ1v) is 11.5. The fraction of sp³-hybridized carbons (Fsp3) is 0.280. The van der Waals surface area contributed by atoms with Crippen LogP contribution in [0.25, 0.3) is 0 Å². The van der Waals surface area contributed by atoms with Crippen molar-refractivity contribution >= 4 is 23.2 Å². The van der Waals surface area contributed by atoms with Gasteiger partial charge < -0.3 is 19.7 Å². The molecule has 2 unspecified atom stereocenters. The molecule has 2 amide bonds. The molecule has 2 aromatic carbocycles. The minimum atomic E-state index is -0.517. The van der Waals surface area contributed by atoms with Crippen LogP contribution in [0.5, 0.6) is 5.75 Å². The number of nitrogens with one attached hydrogen (secondary N) is 1. The first-order chi connectivity index (χ1) is 15.7. The van der Waals surface area contributed by atoms with E-state index in [4.69, 9.17) is 9.47 Å². The highest BCUT2D eigenvalue weighted by Crippen LogP contribution is 2.44. The first-order valence-electron chi connectivity index (χ1n) is 10.6. The van der Waals surface area contributed by atoms with Crippen molar-refractivity contribution < 1.29 is 19.1 Å². The zero-order valence-electron chi connectivity index (χ0n) is 17.9. The number of carbonyl (C=O) groups excluding carboxylic acids is 2. The fourth-order valence-corrected chi connectivity index (χ4v) is 4.93. The lowest BCUT2D eigenvalue weighted by atomic mass is 9.81. The summed E-state index contributed by atoms with van der Waals surface area (Å²) in [5, 5.41) is 4.99. The van der Waals surface area contributed by atoms with E-state index in [1.54, 1.807) is 29.4 Å². The Kier molecular flexibility index (Phi) is 7.19. The SMILES string of the molecule is COCCN1C(=O)c2ccccc2C(C(=O)NCCOc2ccccc2)C1c1cccs1. The van der Waals surface area contributed by atoms with Gasteiger partial charge >= 0.3 is 0 Å². The van der Waals surface area contributed by atoms with Crippen molar-refractivity contribution in [1.82, 2.24) is 10.2 Å². The predicted octanol–water partition coefficient (Wildman–Crippen LogP) is 3.87. The molecule has 2 atom stereocenters. The Labute approximate surface area is 191 Å². The number of nitrogens with zero attached hydrogens (tertiary/aromatic N) is 1. The number of amides is 2. The maximum atomic E-state index is 13.5. The third-order valence-electron chi connectivity index (χ3n) is 5.51. The Bertz CT molecular complexity index is 1040. The number of methoxy groups -OCH3 is 1. The second-order valence-electron chi connectivity index (χ2n) is 7.47. The molecule has 1 aliphatic rings. The normalized spacial score (nSPS) is 17.7. The molecule has 166 valence electrons. The van der Waals surface area contributed by atoms with Crippen molar-refractivity contribution in [2.24, 2.45) is 0 Å². The lowest BCUT2D eigenvalue weighted by Crippen LogP contribution is -2.48. The average Bonchev–Trinajstić information content (AvgIpc) is 3.36. The Morgan fingerprint density at radius 1 is 1.03 bits per heavy atom. The van der Waals surface area contributed by atoms with E-state index in [9.17, 15) is 9.59 Å². The number of hydrogen-bond acceptors (Lipinski definition) is 5. The molecule has 3 aromatic rings. The summed E-state index contributed by atoms with van der Waals surface area (Å²) in [6.07, 6.45) is 0. The van der Waals surface area contributed by atoms with E-state index in [1.165, 1.54) is 0 Å². The third kappa shape index (κ3) is 4.69. The Hall–Kier alpha value is -3.16. The van der Waals surface area contributed by atoms with Crippen LogP contribution in [0.1, 0.15) is 32.8 Å². The number of rotatable bonds is 9. The van der Waals surface area contributed by atoms with Gasteiger partial charge in [-0.1, -0.05) is 42.5 Å². The van der Waals surface area contributed by atoms with Gasteiger partial charge in [-0.2, -0.15) is 0 Å². The summed E-state index contributed by atoms with van der Waals surface area (Å²) in [4.78, 5) is 29.6. The number of hydrogen-bond donors (Lipinski definition) is 1. The van der Waals surface area contributed by atoms with Crippen molar-refractivity contribution in [3.05, 3.63) is 88.1 Å². The van der Waals surface area contributed by atoms with Crippen molar-refractivity contribution in [2.75, 3.05) is 33.4 Å². The summed E-state index contributed by atoms with van der Waals surface area (Å²) in [5.41, 5.74) is 1.32. The maximum Gasteiger partial charge on any atom is 0.254 e. The molecular formula is C25H26N2O4S. The lowest BCUT2D eigenvalue weighted by Gasteiger charge is -2.41. The van der Waals surface area contributed by atoms with Crippen LogP contribution in [0.15, 0.2) is 72.1 Å². The van der Waals surface area contributed by atoms with Gasteiger partial charge in [0.15, 0.2) is 0 Å². The van der Waals surface area contributed by atoms with Gasteiger partial charge in [-0.3, -0.25) is 9.59 Å². The smallest absolute Gasteiger partial charge is 0.254 e. The number of benzene rings is 2. The molecule has 0 fully saturated rings. The van der Waals surface area contributed by atoms with E-state index in [0.717, 1.165) is 16.2 Å². The molecule has 0 saturated carbocycles. The largest absolute Gasteiger partial charge is 0.492 e. The molecule has 2 heterocycles. The van der Waals surface area contributed by atoms with Gasteiger partial charge in [0.05, 0.1) is 25.1 Å². The van der Waals surface area contributed by atoms with E-state index < -0.39 is 5.92 Å². The maximum absolute atomic E-state index is 13.5. The second-order valence-corrected chi connectivity index (χ2v) is 8.45. The van der Waals surface area contributed by atoms with Gasteiger partial charge in [0.1, 0.15) is 12.4 Å². The van der Waals surface area contributed by atoms with Gasteiger partial charge in [-0.25, -0.2) is 0 Å². The van der Waals surface area contributed by atoms with Crippen LogP contribution in [0.2, 0.25) is 0 Å². The van der Waals surface area contributed by atoms with E-state index in [0.29, 0.717) is 31.9 Å². The number of carbonyl (C=O) groups is 2. The highest BCUT2D eigenvalue weighted by atomic mass is 32.1. The van der Waals surface area contributed by atoms with Crippen molar-refractivity contribution in [1.29, 1.82) is 0 Å². The fourth-order valence-electron chi connectivity index (χ4n) is 4.06. The van der Waals surface area contributed by atoms with Crippen LogP contribution in [0.3, 0.4) is 0 Å². The van der Waals surface area contributed by atoms with Crippen molar-refractivity contribution in [3.63, 3.8) is 0 Å². The highest BCUT2D eigenvalue weighted by molar-refractivity contribution is 7.10. The Balaban J connectivity index is 1.58. The van der Waals surface area contributed by atoms with E-state index in [-0.39, 0.29) is 17.9 Å². The molecule has 32 heavy (non-hydrogen) atoms. The molecule has 0 radical (unpaired) electrons. The van der Waals surface area contributed by atoms with Gasteiger partial charge in [0.25, 0.3) is 5.91 Å². The van der Waals surface area contributed by atoms with E-state index >= 15 is 0 Å². The molecule has 4 rings (SSSR count). The summed E-state index contributed by atoms with van der Waals surface area (Å²) in [5.74, 6) is 0.0450. The van der Waals surface area contributed by atoms with Crippen LogP contribution >= 0.6 is 11.3 Å². The molecule has 0 aliphatic carbocycles. The average molecular weight is 451 g/mol. The lowest BCUT2D eigenvalue weighted by molar-refractivity contribution is -0.124. The standard InChI is InChI=1S/C25H26N2O4S/c1-30-16-14-27-23(21-12-7-17-32-21)22(19-10-5-6-11-20(19)25(27)29)24(28)26-13-15-31-18-8-3-2-4-9-18/h2-12,17,22-23H,13-16H2,1H3,(H,26,28). The van der Waals surface area contributed by atoms with Crippen LogP contribution in [0, 0.1) is 0 Å². The van der Waals surface area contributed by atoms with E-state index in [2.05, 4.69) is 5.32 Å². The van der Waals surface area contributed by atoms with Crippen molar-refractivity contribution in [2.45, 2.75) is 12.0 Å². The monoisotopic (exact) mass is 450 g/mol. The molecule has 1 aliphatic heterocycles. The molecule has 0 bridgehead atoms. The Morgan fingerprint density at radius 3 is 2.56 bits per heavy atom. The minimum absolute atomic E-state index is 0.0764. The number of ether oxygens (including phenoxy) is 2. The number of fused-ring (bicyclic) bond motifs is 1.